The fraction of sp³-hybridized carbons (Fsp3) is 0.467. The Morgan fingerprint density at radius 1 is 1.35 bits per heavy atom. The fourth-order valence-electron chi connectivity index (χ4n) is 2.14. The zero-order chi connectivity index (χ0) is 12.1. The minimum absolute atomic E-state index is 0.233. The average molecular weight is 251 g/mol. The third-order valence-corrected chi connectivity index (χ3v) is 3.56. The lowest BCUT2D eigenvalue weighted by atomic mass is 10.1. The third-order valence-electron chi connectivity index (χ3n) is 3.16. The van der Waals surface area contributed by atoms with Crippen LogP contribution < -0.4 is 0 Å². The number of halogens is 1. The molecule has 0 amide bonds. The lowest BCUT2D eigenvalue weighted by molar-refractivity contribution is 0.129. The number of benzene rings is 1. The average Bonchev–Trinajstić information content (AvgIpc) is 2.77. The first kappa shape index (κ1) is 12.7. The molecule has 0 bridgehead atoms. The van der Waals surface area contributed by atoms with Gasteiger partial charge in [-0.1, -0.05) is 54.9 Å². The largest absolute Gasteiger partial charge is 0.358 e. The topological polar surface area (TPSA) is 9.23 Å². The van der Waals surface area contributed by atoms with Crippen LogP contribution in [0.2, 0.25) is 0 Å². The van der Waals surface area contributed by atoms with E-state index in [9.17, 15) is 0 Å². The first-order valence-electron chi connectivity index (χ1n) is 6.24. The van der Waals surface area contributed by atoms with E-state index in [1.54, 1.807) is 0 Å². The Morgan fingerprint density at radius 3 is 2.76 bits per heavy atom. The van der Waals surface area contributed by atoms with Crippen LogP contribution in [0, 0.1) is 5.92 Å². The molecule has 0 heterocycles. The summed E-state index contributed by atoms with van der Waals surface area (Å²) in [5, 5.41) is 0. The summed E-state index contributed by atoms with van der Waals surface area (Å²) >= 11 is 6.23. The van der Waals surface area contributed by atoms with Gasteiger partial charge in [0.2, 0.25) is 0 Å². The second-order valence-electron chi connectivity index (χ2n) is 4.75. The van der Waals surface area contributed by atoms with Gasteiger partial charge in [-0.15, -0.1) is 0 Å². The summed E-state index contributed by atoms with van der Waals surface area (Å²) in [6.07, 6.45) is 5.37. The van der Waals surface area contributed by atoms with Gasteiger partial charge in [-0.25, -0.2) is 0 Å². The van der Waals surface area contributed by atoms with Crippen molar-refractivity contribution < 1.29 is 4.74 Å². The van der Waals surface area contributed by atoms with E-state index in [1.165, 1.54) is 11.1 Å². The molecule has 1 aromatic rings. The maximum Gasteiger partial charge on any atom is 0.152 e. The van der Waals surface area contributed by atoms with Crippen LogP contribution in [0.25, 0.3) is 0 Å². The smallest absolute Gasteiger partial charge is 0.152 e. The van der Waals surface area contributed by atoms with Crippen molar-refractivity contribution in [2.24, 2.45) is 5.92 Å². The van der Waals surface area contributed by atoms with Gasteiger partial charge in [-0.3, -0.25) is 0 Å². The zero-order valence-corrected chi connectivity index (χ0v) is 11.0. The van der Waals surface area contributed by atoms with E-state index in [2.05, 4.69) is 37.3 Å². The Morgan fingerprint density at radius 2 is 2.12 bits per heavy atom. The highest BCUT2D eigenvalue weighted by molar-refractivity contribution is 6.21. The van der Waals surface area contributed by atoms with Crippen LogP contribution in [0.1, 0.15) is 25.3 Å². The summed E-state index contributed by atoms with van der Waals surface area (Å²) in [7, 11) is 0. The first-order valence-corrected chi connectivity index (χ1v) is 6.68. The molecule has 0 N–H and O–H groups in total. The van der Waals surface area contributed by atoms with Gasteiger partial charge in [0, 0.05) is 0 Å². The van der Waals surface area contributed by atoms with Crippen molar-refractivity contribution in [3.05, 3.63) is 47.5 Å². The molecule has 92 valence electrons. The molecular formula is C15H19ClO. The molecule has 2 atom stereocenters. The van der Waals surface area contributed by atoms with E-state index in [-0.39, 0.29) is 5.56 Å². The van der Waals surface area contributed by atoms with Crippen molar-refractivity contribution in [1.82, 2.24) is 0 Å². The molecule has 0 saturated carbocycles. The molecule has 0 aliphatic heterocycles. The van der Waals surface area contributed by atoms with Gasteiger partial charge in [0.15, 0.2) is 5.56 Å². The molecule has 0 fully saturated rings. The van der Waals surface area contributed by atoms with Crippen LogP contribution >= 0.6 is 11.6 Å². The molecule has 17 heavy (non-hydrogen) atoms. The maximum atomic E-state index is 6.23. The summed E-state index contributed by atoms with van der Waals surface area (Å²) in [6.45, 7) is 2.93. The summed E-state index contributed by atoms with van der Waals surface area (Å²) in [5.41, 5.74) is 2.32. The van der Waals surface area contributed by atoms with E-state index < -0.39 is 0 Å². The Hall–Kier alpha value is -0.790. The normalized spacial score (nSPS) is 21.3. The van der Waals surface area contributed by atoms with Gasteiger partial charge in [0.25, 0.3) is 0 Å². The number of ether oxygens (including phenoxy) is 1. The summed E-state index contributed by atoms with van der Waals surface area (Å²) in [5.74, 6) is 0.726. The second-order valence-corrected chi connectivity index (χ2v) is 5.14. The SMILES string of the molecule is CC1CC=C(C(Cl)OCCc2ccccc2)C1. The van der Waals surface area contributed by atoms with Crippen molar-refractivity contribution in [3.8, 4) is 0 Å². The van der Waals surface area contributed by atoms with Gasteiger partial charge in [-0.05, 0) is 36.3 Å². The van der Waals surface area contributed by atoms with Gasteiger partial charge in [0.1, 0.15) is 0 Å². The molecule has 0 saturated heterocycles. The standard InChI is InChI=1S/C15H19ClO/c1-12-7-8-14(11-12)15(16)17-10-9-13-5-3-2-4-6-13/h2-6,8,12,15H,7,9-11H2,1H3. The highest BCUT2D eigenvalue weighted by Crippen LogP contribution is 2.29. The number of allylic oxidation sites excluding steroid dienone is 1. The van der Waals surface area contributed by atoms with Crippen LogP contribution in [0.4, 0.5) is 0 Å². The zero-order valence-electron chi connectivity index (χ0n) is 10.2. The maximum absolute atomic E-state index is 6.23. The third kappa shape index (κ3) is 3.86. The minimum Gasteiger partial charge on any atom is -0.358 e. The van der Waals surface area contributed by atoms with Crippen LogP contribution in [0.15, 0.2) is 42.0 Å². The van der Waals surface area contributed by atoms with Gasteiger partial charge < -0.3 is 4.74 Å². The van der Waals surface area contributed by atoms with E-state index in [4.69, 9.17) is 16.3 Å². The van der Waals surface area contributed by atoms with E-state index in [0.29, 0.717) is 6.61 Å². The lowest BCUT2D eigenvalue weighted by Gasteiger charge is -2.13. The quantitative estimate of drug-likeness (QED) is 0.563. The molecule has 1 nitrogen and oxygen atoms in total. The molecule has 2 unspecified atom stereocenters. The Kier molecular flexibility index (Phi) is 4.64. The monoisotopic (exact) mass is 250 g/mol. The number of rotatable bonds is 5. The van der Waals surface area contributed by atoms with E-state index >= 15 is 0 Å². The number of alkyl halides is 1. The van der Waals surface area contributed by atoms with Gasteiger partial charge >= 0.3 is 0 Å². The van der Waals surface area contributed by atoms with Gasteiger partial charge in [-0.2, -0.15) is 0 Å². The Bertz CT molecular complexity index is 372. The van der Waals surface area contributed by atoms with Gasteiger partial charge in [0.05, 0.1) is 6.61 Å². The fourth-order valence-corrected chi connectivity index (χ4v) is 2.41. The van der Waals surface area contributed by atoms with Crippen molar-refractivity contribution in [2.75, 3.05) is 6.61 Å². The van der Waals surface area contributed by atoms with Crippen molar-refractivity contribution in [3.63, 3.8) is 0 Å². The van der Waals surface area contributed by atoms with Crippen molar-refractivity contribution in [1.29, 1.82) is 0 Å². The highest BCUT2D eigenvalue weighted by atomic mass is 35.5. The number of hydrogen-bond donors (Lipinski definition) is 0. The lowest BCUT2D eigenvalue weighted by Crippen LogP contribution is -2.10. The molecule has 0 spiro atoms. The predicted octanol–water partition coefficient (Wildman–Crippen LogP) is 4.17. The summed E-state index contributed by atoms with van der Waals surface area (Å²) in [4.78, 5) is 0. The Balaban J connectivity index is 1.72. The molecule has 1 aliphatic rings. The van der Waals surface area contributed by atoms with Crippen LogP contribution in [-0.2, 0) is 11.2 Å². The first-order chi connectivity index (χ1) is 8.25. The molecule has 2 rings (SSSR count). The molecular weight excluding hydrogens is 232 g/mol. The van der Waals surface area contributed by atoms with Crippen LogP contribution in [-0.4, -0.2) is 12.2 Å². The van der Waals surface area contributed by atoms with E-state index in [1.807, 2.05) is 6.07 Å². The second kappa shape index (κ2) is 6.23. The molecule has 1 aromatic carbocycles. The molecule has 0 radical (unpaired) electrons. The summed E-state index contributed by atoms with van der Waals surface area (Å²) < 4.78 is 5.68. The number of hydrogen-bond acceptors (Lipinski definition) is 1. The molecule has 2 heteroatoms. The minimum atomic E-state index is -0.233. The Labute approximate surface area is 108 Å². The van der Waals surface area contributed by atoms with Crippen LogP contribution in [0.5, 0.6) is 0 Å². The highest BCUT2D eigenvalue weighted by Gasteiger charge is 2.19. The van der Waals surface area contributed by atoms with Crippen molar-refractivity contribution >= 4 is 11.6 Å². The summed E-state index contributed by atoms with van der Waals surface area (Å²) in [6, 6.07) is 10.4. The van der Waals surface area contributed by atoms with Crippen LogP contribution in [0.3, 0.4) is 0 Å². The van der Waals surface area contributed by atoms with Crippen molar-refractivity contribution in [2.45, 2.75) is 31.7 Å². The molecule has 1 aliphatic carbocycles. The predicted molar refractivity (Wildman–Crippen MR) is 72.2 cm³/mol. The molecule has 0 aromatic heterocycles. The van der Waals surface area contributed by atoms with E-state index in [0.717, 1.165) is 25.2 Å².